The van der Waals surface area contributed by atoms with E-state index in [1.54, 1.807) is 0 Å². The number of likely N-dealkylation sites (tertiary alicyclic amines) is 1. The van der Waals surface area contributed by atoms with Crippen molar-refractivity contribution in [3.63, 3.8) is 0 Å². The molecule has 4 aliphatic rings. The molecule has 0 spiro atoms. The first-order chi connectivity index (χ1) is 14.0. The molecule has 1 aromatic carbocycles. The Balaban J connectivity index is 1.50. The molecular weight excluding hydrogens is 394 g/mol. The van der Waals surface area contributed by atoms with Crippen LogP contribution in [0.1, 0.15) is 25.7 Å². The van der Waals surface area contributed by atoms with Crippen LogP contribution in [0, 0.1) is 5.92 Å². The Morgan fingerprint density at radius 1 is 1.14 bits per heavy atom. The first-order valence-electron chi connectivity index (χ1n) is 10.2. The molecule has 3 fully saturated rings. The van der Waals surface area contributed by atoms with Crippen molar-refractivity contribution in [1.82, 2.24) is 10.2 Å². The van der Waals surface area contributed by atoms with Gasteiger partial charge in [-0.2, -0.15) is 0 Å². The molecule has 1 amide bonds. The van der Waals surface area contributed by atoms with Crippen molar-refractivity contribution in [3.8, 4) is 11.5 Å². The molecule has 1 aliphatic carbocycles. The van der Waals surface area contributed by atoms with Crippen LogP contribution in [-0.4, -0.2) is 70.3 Å². The number of anilines is 1. The van der Waals surface area contributed by atoms with Crippen LogP contribution in [0.2, 0.25) is 0 Å². The van der Waals surface area contributed by atoms with Crippen LogP contribution < -0.4 is 19.7 Å². The van der Waals surface area contributed by atoms with Gasteiger partial charge in [0.25, 0.3) is 0 Å². The molecule has 0 aromatic heterocycles. The predicted octanol–water partition coefficient (Wildman–Crippen LogP) is 0.601. The summed E-state index contributed by atoms with van der Waals surface area (Å²) < 4.78 is 10.9. The molecular formula is C20H25N3O5S. The number of ether oxygens (including phenoxy) is 2. The van der Waals surface area contributed by atoms with E-state index in [1.807, 2.05) is 28.0 Å². The summed E-state index contributed by atoms with van der Waals surface area (Å²) in [5, 5.41) is 24.7. The van der Waals surface area contributed by atoms with Gasteiger partial charge in [0.2, 0.25) is 12.7 Å². The Morgan fingerprint density at radius 2 is 1.90 bits per heavy atom. The van der Waals surface area contributed by atoms with Gasteiger partial charge >= 0.3 is 0 Å². The summed E-state index contributed by atoms with van der Waals surface area (Å²) in [4.78, 5) is 17.2. The van der Waals surface area contributed by atoms with Gasteiger partial charge in [-0.15, -0.1) is 0 Å². The summed E-state index contributed by atoms with van der Waals surface area (Å²) >= 11 is 5.58. The van der Waals surface area contributed by atoms with Crippen LogP contribution in [0.25, 0.3) is 0 Å². The molecule has 3 N–H and O–H groups in total. The lowest BCUT2D eigenvalue weighted by Gasteiger charge is -2.43. The number of aliphatic hydroxyl groups excluding tert-OH is 2. The van der Waals surface area contributed by atoms with Gasteiger partial charge in [0.15, 0.2) is 16.6 Å². The number of hydrogen-bond donors (Lipinski definition) is 3. The minimum atomic E-state index is -0.998. The fraction of sp³-hybridized carbons (Fsp3) is 0.600. The summed E-state index contributed by atoms with van der Waals surface area (Å²) in [6.45, 7) is 1.66. The smallest absolute Gasteiger partial charge is 0.231 e. The van der Waals surface area contributed by atoms with E-state index >= 15 is 0 Å². The average Bonchev–Trinajstić information content (AvgIpc) is 3.34. The highest BCUT2D eigenvalue weighted by atomic mass is 32.1. The van der Waals surface area contributed by atoms with E-state index < -0.39 is 24.2 Å². The Hall–Kier alpha value is -2.10. The number of nitrogens with one attached hydrogen (secondary N) is 1. The monoisotopic (exact) mass is 419 g/mol. The number of rotatable bonds is 2. The van der Waals surface area contributed by atoms with E-state index in [0.29, 0.717) is 16.6 Å². The first-order valence-corrected chi connectivity index (χ1v) is 10.6. The number of piperidine rings is 1. The molecule has 5 atom stereocenters. The molecule has 5 rings (SSSR count). The second-order valence-corrected chi connectivity index (χ2v) is 8.55. The fourth-order valence-corrected chi connectivity index (χ4v) is 5.37. The minimum absolute atomic E-state index is 0.0305. The second-order valence-electron chi connectivity index (χ2n) is 8.16. The van der Waals surface area contributed by atoms with Gasteiger partial charge in [-0.3, -0.25) is 4.79 Å². The normalized spacial score (nSPS) is 33.4. The SMILES string of the molecule is O=C([C@@H]1C[C@@H](O)[C@H](O)[C@@H]2NC(=S)N(c3ccc4c(c3)OCO4)[C@@H]21)N1CCCCC1. The maximum atomic E-state index is 13.4. The molecule has 3 heterocycles. The van der Waals surface area contributed by atoms with E-state index in [2.05, 4.69) is 5.32 Å². The molecule has 1 saturated carbocycles. The third kappa shape index (κ3) is 3.12. The highest BCUT2D eigenvalue weighted by Crippen LogP contribution is 2.41. The fourth-order valence-electron chi connectivity index (χ4n) is 5.01. The molecule has 156 valence electrons. The van der Waals surface area contributed by atoms with Gasteiger partial charge in [0, 0.05) is 24.8 Å². The minimum Gasteiger partial charge on any atom is -0.454 e. The van der Waals surface area contributed by atoms with Crippen LogP contribution in [0.15, 0.2) is 18.2 Å². The van der Waals surface area contributed by atoms with E-state index in [4.69, 9.17) is 21.7 Å². The Labute approximate surface area is 174 Å². The van der Waals surface area contributed by atoms with E-state index in [-0.39, 0.29) is 25.2 Å². The first kappa shape index (κ1) is 18.9. The highest BCUT2D eigenvalue weighted by molar-refractivity contribution is 7.80. The molecule has 9 heteroatoms. The lowest BCUT2D eigenvalue weighted by Crippen LogP contribution is -2.61. The van der Waals surface area contributed by atoms with Gasteiger partial charge in [-0.05, 0) is 50.0 Å². The topological polar surface area (TPSA) is 94.5 Å². The number of hydrogen-bond acceptors (Lipinski definition) is 6. The summed E-state index contributed by atoms with van der Waals surface area (Å²) in [6.07, 6.45) is 1.38. The molecule has 0 radical (unpaired) electrons. The predicted molar refractivity (Wildman–Crippen MR) is 109 cm³/mol. The van der Waals surface area contributed by atoms with Crippen LogP contribution in [-0.2, 0) is 4.79 Å². The summed E-state index contributed by atoms with van der Waals surface area (Å²) in [6, 6.07) is 4.65. The zero-order valence-electron chi connectivity index (χ0n) is 16.0. The number of carbonyl (C=O) groups is 1. The zero-order valence-corrected chi connectivity index (χ0v) is 16.8. The number of nitrogens with zero attached hydrogens (tertiary/aromatic N) is 2. The van der Waals surface area contributed by atoms with Crippen molar-refractivity contribution in [1.29, 1.82) is 0 Å². The largest absolute Gasteiger partial charge is 0.454 e. The van der Waals surface area contributed by atoms with Gasteiger partial charge in [0.1, 0.15) is 6.10 Å². The number of benzene rings is 1. The summed E-state index contributed by atoms with van der Waals surface area (Å²) in [5.41, 5.74) is 0.777. The highest BCUT2D eigenvalue weighted by Gasteiger charge is 2.54. The molecule has 29 heavy (non-hydrogen) atoms. The second kappa shape index (κ2) is 7.30. The number of aliphatic hydroxyl groups is 2. The lowest BCUT2D eigenvalue weighted by molar-refractivity contribution is -0.142. The molecule has 1 aromatic rings. The summed E-state index contributed by atoms with van der Waals surface area (Å²) in [7, 11) is 0. The van der Waals surface area contributed by atoms with E-state index in [0.717, 1.165) is 38.0 Å². The molecule has 2 saturated heterocycles. The van der Waals surface area contributed by atoms with Crippen molar-refractivity contribution in [3.05, 3.63) is 18.2 Å². The maximum Gasteiger partial charge on any atom is 0.231 e. The average molecular weight is 420 g/mol. The van der Waals surface area contributed by atoms with Crippen molar-refractivity contribution < 1.29 is 24.5 Å². The standard InChI is InChI=1S/C20H25N3O5S/c24-13-9-12(19(26)22-6-2-1-3-7-22)17-16(18(13)25)21-20(29)23(17)11-4-5-14-15(8-11)28-10-27-14/h4-5,8,12-13,16-18,24-25H,1-3,6-7,9-10H2,(H,21,29)/t12-,13-,16-,17-,18+/m1/s1. The van der Waals surface area contributed by atoms with Crippen molar-refractivity contribution in [2.75, 3.05) is 24.8 Å². The lowest BCUT2D eigenvalue weighted by atomic mass is 9.76. The molecule has 3 aliphatic heterocycles. The number of amides is 1. The van der Waals surface area contributed by atoms with E-state index in [1.165, 1.54) is 0 Å². The van der Waals surface area contributed by atoms with Gasteiger partial charge in [0.05, 0.1) is 24.1 Å². The van der Waals surface area contributed by atoms with E-state index in [9.17, 15) is 15.0 Å². The van der Waals surface area contributed by atoms with Crippen LogP contribution in [0.3, 0.4) is 0 Å². The molecule has 8 nitrogen and oxygen atoms in total. The van der Waals surface area contributed by atoms with Crippen molar-refractivity contribution >= 4 is 28.9 Å². The zero-order chi connectivity index (χ0) is 20.1. The number of fused-ring (bicyclic) bond motifs is 2. The Kier molecular flexibility index (Phi) is 4.76. The van der Waals surface area contributed by atoms with Crippen LogP contribution in [0.4, 0.5) is 5.69 Å². The molecule has 0 bridgehead atoms. The third-order valence-electron chi connectivity index (χ3n) is 6.46. The van der Waals surface area contributed by atoms with Crippen LogP contribution >= 0.6 is 12.2 Å². The number of carbonyl (C=O) groups excluding carboxylic acids is 1. The van der Waals surface area contributed by atoms with Crippen molar-refractivity contribution in [2.24, 2.45) is 5.92 Å². The Morgan fingerprint density at radius 3 is 2.69 bits per heavy atom. The quantitative estimate of drug-likeness (QED) is 0.600. The van der Waals surface area contributed by atoms with Gasteiger partial charge in [-0.1, -0.05) is 0 Å². The maximum absolute atomic E-state index is 13.4. The van der Waals surface area contributed by atoms with Crippen LogP contribution in [0.5, 0.6) is 11.5 Å². The van der Waals surface area contributed by atoms with Gasteiger partial charge < -0.3 is 34.8 Å². The third-order valence-corrected chi connectivity index (χ3v) is 6.78. The van der Waals surface area contributed by atoms with Crippen molar-refractivity contribution in [2.45, 2.75) is 50.0 Å². The van der Waals surface area contributed by atoms with Gasteiger partial charge in [-0.25, -0.2) is 0 Å². The summed E-state index contributed by atoms with van der Waals surface area (Å²) in [5.74, 6) is 0.866. The Bertz CT molecular complexity index is 830. The molecule has 0 unspecified atom stereocenters. The number of thiocarbonyl (C=S) groups is 1.